The first-order chi connectivity index (χ1) is 15.6. The summed E-state index contributed by atoms with van der Waals surface area (Å²) < 4.78 is 37.4. The lowest BCUT2D eigenvalue weighted by Gasteiger charge is -2.26. The lowest BCUT2D eigenvalue weighted by molar-refractivity contribution is 0.102. The predicted molar refractivity (Wildman–Crippen MR) is 131 cm³/mol. The Bertz CT molecular complexity index is 1270. The van der Waals surface area contributed by atoms with E-state index < -0.39 is 15.9 Å². The molecule has 0 spiro atoms. The molecule has 3 rings (SSSR count). The molecule has 3 aromatic rings. The van der Waals surface area contributed by atoms with Crippen LogP contribution in [0.1, 0.15) is 15.9 Å². The van der Waals surface area contributed by atoms with Gasteiger partial charge in [-0.05, 0) is 29.8 Å². The van der Waals surface area contributed by atoms with Gasteiger partial charge in [-0.2, -0.15) is 0 Å². The smallest absolute Gasteiger partial charge is 0.257 e. The fourth-order valence-electron chi connectivity index (χ4n) is 3.16. The van der Waals surface area contributed by atoms with E-state index in [0.29, 0.717) is 10.7 Å². The fourth-order valence-corrected chi connectivity index (χ4v) is 4.35. The number of anilines is 2. The number of benzene rings is 3. The van der Waals surface area contributed by atoms with Crippen LogP contribution in [-0.2, 0) is 16.6 Å². The molecule has 174 valence electrons. The van der Waals surface area contributed by atoms with Gasteiger partial charge >= 0.3 is 0 Å². The molecule has 7 nitrogen and oxygen atoms in total. The van der Waals surface area contributed by atoms with E-state index in [-0.39, 0.29) is 34.3 Å². The number of rotatable bonds is 8. The molecule has 1 N–H and O–H groups in total. The van der Waals surface area contributed by atoms with Crippen LogP contribution < -0.4 is 19.1 Å². The van der Waals surface area contributed by atoms with E-state index in [0.717, 1.165) is 16.1 Å². The molecular weight excluding hydrogens is 487 g/mol. The van der Waals surface area contributed by atoms with Crippen molar-refractivity contribution in [2.45, 2.75) is 6.54 Å². The van der Waals surface area contributed by atoms with Crippen LogP contribution in [0.3, 0.4) is 0 Å². The maximum Gasteiger partial charge on any atom is 0.257 e. The van der Waals surface area contributed by atoms with Crippen molar-refractivity contribution in [2.24, 2.45) is 0 Å². The number of sulfonamides is 1. The third-order valence-electron chi connectivity index (χ3n) is 4.76. The zero-order valence-electron chi connectivity index (χ0n) is 18.1. The lowest BCUT2D eigenvalue weighted by Crippen LogP contribution is -2.31. The van der Waals surface area contributed by atoms with E-state index >= 15 is 0 Å². The van der Waals surface area contributed by atoms with Crippen LogP contribution in [0.2, 0.25) is 10.0 Å². The van der Waals surface area contributed by atoms with Crippen LogP contribution >= 0.6 is 23.2 Å². The molecule has 0 saturated heterocycles. The maximum atomic E-state index is 13.3. The summed E-state index contributed by atoms with van der Waals surface area (Å²) in [6, 6.07) is 16.6. The number of hydrogen-bond acceptors (Lipinski definition) is 5. The SMILES string of the molecule is COc1cc(C(=O)Nc2ccc(Cl)c(Cl)c2)c(N(Cc2ccccc2)S(C)(=O)=O)cc1OC. The standard InChI is InChI=1S/C23H22Cl2N2O5S/c1-31-21-12-17(23(28)26-16-9-10-18(24)19(25)11-16)20(13-22(21)32-2)27(33(3,29)30)14-15-7-5-4-6-8-15/h4-13H,14H2,1-3H3,(H,26,28). The van der Waals surface area contributed by atoms with Crippen molar-refractivity contribution in [3.05, 3.63) is 81.8 Å². The molecule has 3 aromatic carbocycles. The Morgan fingerprint density at radius 3 is 2.15 bits per heavy atom. The number of hydrogen-bond donors (Lipinski definition) is 1. The second-order valence-corrected chi connectivity index (χ2v) is 9.78. The molecule has 0 aromatic heterocycles. The minimum absolute atomic E-state index is 0.0161. The van der Waals surface area contributed by atoms with Crippen molar-refractivity contribution in [3.63, 3.8) is 0 Å². The van der Waals surface area contributed by atoms with Crippen molar-refractivity contribution < 1.29 is 22.7 Å². The van der Waals surface area contributed by atoms with Crippen LogP contribution in [-0.4, -0.2) is 34.8 Å². The lowest BCUT2D eigenvalue weighted by atomic mass is 10.1. The highest BCUT2D eigenvalue weighted by Gasteiger charge is 2.26. The summed E-state index contributed by atoms with van der Waals surface area (Å²) >= 11 is 12.0. The van der Waals surface area contributed by atoms with Crippen molar-refractivity contribution in [2.75, 3.05) is 30.1 Å². The molecule has 33 heavy (non-hydrogen) atoms. The normalized spacial score (nSPS) is 11.1. The number of methoxy groups -OCH3 is 2. The van der Waals surface area contributed by atoms with E-state index in [9.17, 15) is 13.2 Å². The van der Waals surface area contributed by atoms with Gasteiger partial charge in [0.05, 0.1) is 48.3 Å². The van der Waals surface area contributed by atoms with Gasteiger partial charge in [0.15, 0.2) is 11.5 Å². The minimum Gasteiger partial charge on any atom is -0.493 e. The number of ether oxygens (including phenoxy) is 2. The van der Waals surface area contributed by atoms with Crippen molar-refractivity contribution in [1.29, 1.82) is 0 Å². The number of halogens is 2. The summed E-state index contributed by atoms with van der Waals surface area (Å²) in [6.45, 7) is 0.0161. The van der Waals surface area contributed by atoms with Crippen molar-refractivity contribution in [3.8, 4) is 11.5 Å². The van der Waals surface area contributed by atoms with Gasteiger partial charge in [-0.15, -0.1) is 0 Å². The van der Waals surface area contributed by atoms with Gasteiger partial charge in [-0.3, -0.25) is 9.10 Å². The molecule has 0 atom stereocenters. The second kappa shape index (κ2) is 10.3. The zero-order valence-corrected chi connectivity index (χ0v) is 20.5. The first-order valence-corrected chi connectivity index (χ1v) is 12.3. The van der Waals surface area contributed by atoms with Gasteiger partial charge in [-0.1, -0.05) is 53.5 Å². The molecule has 1 amide bonds. The number of carbonyl (C=O) groups excluding carboxylic acids is 1. The molecule has 0 unspecified atom stereocenters. The average molecular weight is 509 g/mol. The molecule has 0 aliphatic heterocycles. The van der Waals surface area contributed by atoms with Gasteiger partial charge in [0.2, 0.25) is 10.0 Å². The first kappa shape index (κ1) is 24.7. The molecular formula is C23H22Cl2N2O5S. The van der Waals surface area contributed by atoms with Crippen LogP contribution in [0, 0.1) is 0 Å². The fraction of sp³-hybridized carbons (Fsp3) is 0.174. The number of carbonyl (C=O) groups is 1. The molecule has 0 aliphatic rings. The quantitative estimate of drug-likeness (QED) is 0.450. The predicted octanol–water partition coefficient (Wildman–Crippen LogP) is 5.23. The second-order valence-electron chi connectivity index (χ2n) is 7.06. The highest BCUT2D eigenvalue weighted by Crippen LogP contribution is 2.37. The summed E-state index contributed by atoms with van der Waals surface area (Å²) in [5.41, 5.74) is 1.34. The molecule has 0 fully saturated rings. The molecule has 10 heteroatoms. The van der Waals surface area contributed by atoms with Crippen LogP contribution in [0.25, 0.3) is 0 Å². The van der Waals surface area contributed by atoms with Crippen LogP contribution in [0.4, 0.5) is 11.4 Å². The summed E-state index contributed by atoms with van der Waals surface area (Å²) in [6.07, 6.45) is 1.08. The summed E-state index contributed by atoms with van der Waals surface area (Å²) in [5.74, 6) is -0.0138. The van der Waals surface area contributed by atoms with Crippen molar-refractivity contribution >= 4 is 50.5 Å². The molecule has 0 radical (unpaired) electrons. The molecule has 0 heterocycles. The van der Waals surface area contributed by atoms with Gasteiger partial charge in [0.25, 0.3) is 5.91 Å². The van der Waals surface area contributed by atoms with Crippen LogP contribution in [0.15, 0.2) is 60.7 Å². The van der Waals surface area contributed by atoms with E-state index in [2.05, 4.69) is 5.32 Å². The first-order valence-electron chi connectivity index (χ1n) is 9.68. The highest BCUT2D eigenvalue weighted by atomic mass is 35.5. The summed E-state index contributed by atoms with van der Waals surface area (Å²) in [4.78, 5) is 13.3. The topological polar surface area (TPSA) is 84.9 Å². The Labute approximate surface area is 202 Å². The monoisotopic (exact) mass is 508 g/mol. The maximum absolute atomic E-state index is 13.3. The van der Waals surface area contributed by atoms with Gasteiger partial charge in [0.1, 0.15) is 0 Å². The van der Waals surface area contributed by atoms with Crippen molar-refractivity contribution in [1.82, 2.24) is 0 Å². The third-order valence-corrected chi connectivity index (χ3v) is 6.63. The Hall–Kier alpha value is -2.94. The minimum atomic E-state index is -3.78. The third kappa shape index (κ3) is 5.90. The van der Waals surface area contributed by atoms with E-state index in [4.69, 9.17) is 32.7 Å². The van der Waals surface area contributed by atoms with E-state index in [1.165, 1.54) is 32.4 Å². The average Bonchev–Trinajstić information content (AvgIpc) is 2.79. The zero-order chi connectivity index (χ0) is 24.2. The number of amides is 1. The van der Waals surface area contributed by atoms with E-state index in [1.807, 2.05) is 18.2 Å². The van der Waals surface area contributed by atoms with Crippen LogP contribution in [0.5, 0.6) is 11.5 Å². The highest BCUT2D eigenvalue weighted by molar-refractivity contribution is 7.92. The summed E-state index contributed by atoms with van der Waals surface area (Å²) in [7, 11) is -0.927. The van der Waals surface area contributed by atoms with Gasteiger partial charge < -0.3 is 14.8 Å². The Kier molecular flexibility index (Phi) is 7.73. The Balaban J connectivity index is 2.13. The van der Waals surface area contributed by atoms with E-state index in [1.54, 1.807) is 24.3 Å². The molecule has 0 bridgehead atoms. The Morgan fingerprint density at radius 2 is 1.58 bits per heavy atom. The molecule has 0 saturated carbocycles. The number of nitrogens with one attached hydrogen (secondary N) is 1. The largest absolute Gasteiger partial charge is 0.493 e. The van der Waals surface area contributed by atoms with Gasteiger partial charge in [-0.25, -0.2) is 8.42 Å². The molecule has 0 aliphatic carbocycles. The summed E-state index contributed by atoms with van der Waals surface area (Å²) in [5, 5.41) is 3.33. The Morgan fingerprint density at radius 1 is 0.939 bits per heavy atom. The number of nitrogens with zero attached hydrogens (tertiary/aromatic N) is 1. The van der Waals surface area contributed by atoms with Gasteiger partial charge in [0, 0.05) is 11.8 Å².